The van der Waals surface area contributed by atoms with Gasteiger partial charge < -0.3 is 0 Å². The Bertz CT molecular complexity index is 668. The summed E-state index contributed by atoms with van der Waals surface area (Å²) in [6.07, 6.45) is 20.9. The second-order valence-electron chi connectivity index (χ2n) is 12.9. The zero-order chi connectivity index (χ0) is 21.7. The topological polar surface area (TPSA) is 0 Å². The summed E-state index contributed by atoms with van der Waals surface area (Å²) in [5.74, 6) is 6.98. The highest BCUT2D eigenvalue weighted by molar-refractivity contribution is 5.25. The van der Waals surface area contributed by atoms with E-state index in [4.69, 9.17) is 0 Å². The van der Waals surface area contributed by atoms with Crippen molar-refractivity contribution in [1.29, 1.82) is 0 Å². The van der Waals surface area contributed by atoms with Gasteiger partial charge in [-0.25, -0.2) is 0 Å². The van der Waals surface area contributed by atoms with Crippen molar-refractivity contribution in [3.05, 3.63) is 23.8 Å². The summed E-state index contributed by atoms with van der Waals surface area (Å²) in [7, 11) is 0. The molecule has 170 valence electrons. The van der Waals surface area contributed by atoms with Crippen molar-refractivity contribution >= 4 is 0 Å². The van der Waals surface area contributed by atoms with Crippen LogP contribution in [0.2, 0.25) is 0 Å². The lowest BCUT2D eigenvalue weighted by Crippen LogP contribution is -2.50. The third-order valence-electron chi connectivity index (χ3n) is 11.0. The molecule has 0 amide bonds. The summed E-state index contributed by atoms with van der Waals surface area (Å²) >= 11 is 0. The maximum absolute atomic E-state index is 2.74. The summed E-state index contributed by atoms with van der Waals surface area (Å²) in [6, 6.07) is 0. The number of hydrogen-bond acceptors (Lipinski definition) is 0. The molecule has 30 heavy (non-hydrogen) atoms. The molecule has 0 nitrogen and oxygen atoms in total. The Morgan fingerprint density at radius 3 is 2.47 bits per heavy atom. The van der Waals surface area contributed by atoms with Gasteiger partial charge in [0.05, 0.1) is 0 Å². The predicted molar refractivity (Wildman–Crippen MR) is 131 cm³/mol. The van der Waals surface area contributed by atoms with E-state index < -0.39 is 0 Å². The van der Waals surface area contributed by atoms with E-state index in [1.807, 2.05) is 5.57 Å². The van der Waals surface area contributed by atoms with Crippen molar-refractivity contribution in [2.75, 3.05) is 0 Å². The minimum absolute atomic E-state index is 0.534. The van der Waals surface area contributed by atoms with Crippen LogP contribution in [0.25, 0.3) is 0 Å². The molecule has 0 heterocycles. The van der Waals surface area contributed by atoms with Gasteiger partial charge in [0.25, 0.3) is 0 Å². The molecule has 0 aromatic rings. The van der Waals surface area contributed by atoms with E-state index in [0.717, 1.165) is 47.3 Å². The Labute approximate surface area is 188 Å². The molecule has 0 aromatic carbocycles. The molecule has 0 radical (unpaired) electrons. The Morgan fingerprint density at radius 1 is 1.00 bits per heavy atom. The molecule has 0 spiro atoms. The molecule has 0 N–H and O–H groups in total. The van der Waals surface area contributed by atoms with Crippen molar-refractivity contribution in [2.45, 2.75) is 106 Å². The average Bonchev–Trinajstić information content (AvgIpc) is 3.06. The molecule has 0 saturated heterocycles. The summed E-state index contributed by atoms with van der Waals surface area (Å²) < 4.78 is 0. The van der Waals surface area contributed by atoms with E-state index in [0.29, 0.717) is 10.8 Å². The van der Waals surface area contributed by atoms with E-state index in [-0.39, 0.29) is 0 Å². The lowest BCUT2D eigenvalue weighted by Gasteiger charge is -2.58. The molecule has 0 heteroatoms. The molecule has 9 atom stereocenters. The van der Waals surface area contributed by atoms with Crippen LogP contribution in [0.15, 0.2) is 23.8 Å². The monoisotopic (exact) mass is 410 g/mol. The first-order chi connectivity index (χ1) is 14.2. The molecular formula is C30H50. The van der Waals surface area contributed by atoms with Gasteiger partial charge in [-0.2, -0.15) is 0 Å². The highest BCUT2D eigenvalue weighted by Crippen LogP contribution is 2.67. The smallest absolute Gasteiger partial charge is 0.00851 e. The minimum atomic E-state index is 0.534. The molecule has 0 aliphatic heterocycles. The second kappa shape index (κ2) is 8.44. The quantitative estimate of drug-likeness (QED) is 0.396. The van der Waals surface area contributed by atoms with Crippen LogP contribution in [-0.2, 0) is 0 Å². The standard InChI is InChI=1S/C30H50/c1-8-23(20(2)3)10-9-22(5)26-13-14-27-25-12-11-24-19-21(4)15-17-29(24,6)28(25)16-18-30(26,27)7/h9-11,20-23,25-28H,8,12-19H2,1-7H3/b10-9+/t21-,22?,23?,25?,26?,27?,28?,29-,30+/m0/s1. The number of allylic oxidation sites excluding steroid dienone is 4. The van der Waals surface area contributed by atoms with Crippen LogP contribution in [0.1, 0.15) is 106 Å². The fourth-order valence-corrected chi connectivity index (χ4v) is 9.03. The molecular weight excluding hydrogens is 360 g/mol. The largest absolute Gasteiger partial charge is 0.0851 e. The van der Waals surface area contributed by atoms with Crippen LogP contribution in [0.5, 0.6) is 0 Å². The number of hydrogen-bond donors (Lipinski definition) is 0. The van der Waals surface area contributed by atoms with Gasteiger partial charge in [-0.15, -0.1) is 0 Å². The van der Waals surface area contributed by atoms with Crippen LogP contribution in [-0.4, -0.2) is 0 Å². The fourth-order valence-electron chi connectivity index (χ4n) is 9.03. The number of rotatable bonds is 5. The van der Waals surface area contributed by atoms with Gasteiger partial charge in [0.2, 0.25) is 0 Å². The summed E-state index contributed by atoms with van der Waals surface area (Å²) in [5, 5.41) is 0. The predicted octanol–water partition coefficient (Wildman–Crippen LogP) is 9.08. The SMILES string of the molecule is CCC(/C=C/C(C)C1CCC2C3CC=C4C[C@@H](C)CC[C@]4(C)C3CC[C@]12C)C(C)C. The van der Waals surface area contributed by atoms with Crippen LogP contribution in [0.3, 0.4) is 0 Å². The van der Waals surface area contributed by atoms with Crippen LogP contribution in [0, 0.1) is 58.2 Å². The summed E-state index contributed by atoms with van der Waals surface area (Å²) in [5.41, 5.74) is 2.97. The van der Waals surface area contributed by atoms with Crippen molar-refractivity contribution < 1.29 is 0 Å². The van der Waals surface area contributed by atoms with E-state index >= 15 is 0 Å². The molecule has 4 rings (SSSR count). The normalized spacial score (nSPS) is 45.6. The van der Waals surface area contributed by atoms with Gasteiger partial charge >= 0.3 is 0 Å². The molecule has 6 unspecified atom stereocenters. The van der Waals surface area contributed by atoms with E-state index in [1.165, 1.54) is 57.8 Å². The van der Waals surface area contributed by atoms with Gasteiger partial charge in [0.1, 0.15) is 0 Å². The molecule has 4 aliphatic rings. The molecule has 3 fully saturated rings. The third-order valence-corrected chi connectivity index (χ3v) is 11.0. The van der Waals surface area contributed by atoms with Gasteiger partial charge in [-0.05, 0) is 116 Å². The lowest BCUT2D eigenvalue weighted by molar-refractivity contribution is -0.0486. The maximum Gasteiger partial charge on any atom is -0.00851 e. The minimum Gasteiger partial charge on any atom is -0.0851 e. The Hall–Kier alpha value is -0.520. The third kappa shape index (κ3) is 3.67. The molecule has 3 saturated carbocycles. The van der Waals surface area contributed by atoms with Crippen LogP contribution < -0.4 is 0 Å². The zero-order valence-electron chi connectivity index (χ0n) is 21.2. The van der Waals surface area contributed by atoms with Crippen molar-refractivity contribution in [1.82, 2.24) is 0 Å². The van der Waals surface area contributed by atoms with Gasteiger partial charge in [-0.3, -0.25) is 0 Å². The summed E-state index contributed by atoms with van der Waals surface area (Å²) in [6.45, 7) is 17.5. The average molecular weight is 411 g/mol. The van der Waals surface area contributed by atoms with Crippen molar-refractivity contribution in [3.8, 4) is 0 Å². The van der Waals surface area contributed by atoms with Gasteiger partial charge in [0.15, 0.2) is 0 Å². The fraction of sp³-hybridized carbons (Fsp3) is 0.867. The van der Waals surface area contributed by atoms with E-state index in [2.05, 4.69) is 66.7 Å². The highest BCUT2D eigenvalue weighted by atomic mass is 14.6. The van der Waals surface area contributed by atoms with Crippen molar-refractivity contribution in [3.63, 3.8) is 0 Å². The maximum atomic E-state index is 2.74. The molecule has 0 aromatic heterocycles. The second-order valence-corrected chi connectivity index (χ2v) is 12.9. The van der Waals surface area contributed by atoms with Crippen molar-refractivity contribution in [2.24, 2.45) is 58.2 Å². The van der Waals surface area contributed by atoms with Crippen LogP contribution >= 0.6 is 0 Å². The Morgan fingerprint density at radius 2 is 1.77 bits per heavy atom. The van der Waals surface area contributed by atoms with E-state index in [9.17, 15) is 0 Å². The lowest BCUT2D eigenvalue weighted by atomic mass is 9.46. The first-order valence-electron chi connectivity index (χ1n) is 13.6. The summed E-state index contributed by atoms with van der Waals surface area (Å²) in [4.78, 5) is 0. The number of fused-ring (bicyclic) bond motifs is 5. The van der Waals surface area contributed by atoms with E-state index in [1.54, 1.807) is 0 Å². The van der Waals surface area contributed by atoms with Gasteiger partial charge in [0, 0.05) is 0 Å². The zero-order valence-corrected chi connectivity index (χ0v) is 21.2. The first-order valence-corrected chi connectivity index (χ1v) is 13.6. The Kier molecular flexibility index (Phi) is 6.38. The highest BCUT2D eigenvalue weighted by Gasteiger charge is 2.58. The molecule has 0 bridgehead atoms. The Balaban J connectivity index is 1.52. The first kappa shape index (κ1) is 22.7. The van der Waals surface area contributed by atoms with Crippen LogP contribution in [0.4, 0.5) is 0 Å². The van der Waals surface area contributed by atoms with Gasteiger partial charge in [-0.1, -0.05) is 72.3 Å². The molecule has 4 aliphatic carbocycles.